The van der Waals surface area contributed by atoms with Gasteiger partial charge in [0.2, 0.25) is 0 Å². The van der Waals surface area contributed by atoms with Gasteiger partial charge in [0, 0.05) is 6.42 Å². The molecule has 0 saturated heterocycles. The van der Waals surface area contributed by atoms with E-state index in [1.807, 2.05) is 19.1 Å². The van der Waals surface area contributed by atoms with Crippen LogP contribution >= 0.6 is 0 Å². The van der Waals surface area contributed by atoms with Gasteiger partial charge in [-0.15, -0.1) is 0 Å². The van der Waals surface area contributed by atoms with Crippen LogP contribution in [0.4, 0.5) is 0 Å². The van der Waals surface area contributed by atoms with Crippen LogP contribution in [-0.4, -0.2) is 17.7 Å². The molecule has 3 nitrogen and oxygen atoms in total. The largest absolute Gasteiger partial charge is 0.494 e. The maximum absolute atomic E-state index is 10.6. The Morgan fingerprint density at radius 1 is 0.960 bits per heavy atom. The number of ether oxygens (including phenoxy) is 1. The molecule has 0 aliphatic carbocycles. The fourth-order valence-electron chi connectivity index (χ4n) is 3.04. The molecule has 0 saturated carbocycles. The third kappa shape index (κ3) is 5.63. The summed E-state index contributed by atoms with van der Waals surface area (Å²) >= 11 is 0. The predicted octanol–water partition coefficient (Wildman–Crippen LogP) is 5.40. The number of aryl methyl sites for hydroxylation is 1. The molecule has 1 N–H and O–H groups in total. The average molecular weight is 340 g/mol. The zero-order valence-electron chi connectivity index (χ0n) is 15.4. The normalized spacial score (nSPS) is 13.2. The molecule has 0 amide bonds. The highest BCUT2D eigenvalue weighted by Gasteiger charge is 2.16. The monoisotopic (exact) mass is 340 g/mol. The molecular formula is C22H28O3. The Balaban J connectivity index is 1.98. The summed E-state index contributed by atoms with van der Waals surface area (Å²) in [5.74, 6) is 1.01. The minimum absolute atomic E-state index is 0.229. The standard InChI is InChI=1S/C22H28O3/c1-4-25-21-14-12-20(13-15-21)17(3)16(2)19-10-8-18(9-11-19)6-5-7-22(23)24/h8-17H,4-7H2,1-3H3,(H,23,24). The molecule has 0 heterocycles. The molecule has 2 aromatic carbocycles. The Kier molecular flexibility index (Phi) is 7.05. The van der Waals surface area contributed by atoms with E-state index in [1.54, 1.807) is 0 Å². The molecule has 0 spiro atoms. The van der Waals surface area contributed by atoms with Crippen LogP contribution in [0.15, 0.2) is 48.5 Å². The van der Waals surface area contributed by atoms with Crippen molar-refractivity contribution in [3.8, 4) is 5.75 Å². The fourth-order valence-corrected chi connectivity index (χ4v) is 3.04. The summed E-state index contributed by atoms with van der Waals surface area (Å²) in [6, 6.07) is 17.0. The first-order chi connectivity index (χ1) is 12.0. The lowest BCUT2D eigenvalue weighted by Gasteiger charge is -2.21. The Labute approximate surface area is 150 Å². The van der Waals surface area contributed by atoms with Crippen molar-refractivity contribution in [2.24, 2.45) is 0 Å². The molecule has 0 fully saturated rings. The number of carboxylic acid groups (broad SMARTS) is 1. The van der Waals surface area contributed by atoms with Crippen LogP contribution in [0.2, 0.25) is 0 Å². The predicted molar refractivity (Wildman–Crippen MR) is 101 cm³/mol. The maximum Gasteiger partial charge on any atom is 0.303 e. The van der Waals surface area contributed by atoms with Crippen molar-refractivity contribution in [1.82, 2.24) is 0 Å². The van der Waals surface area contributed by atoms with Crippen LogP contribution < -0.4 is 4.74 Å². The fraction of sp³-hybridized carbons (Fsp3) is 0.409. The molecule has 25 heavy (non-hydrogen) atoms. The molecular weight excluding hydrogens is 312 g/mol. The second-order valence-corrected chi connectivity index (χ2v) is 6.57. The highest BCUT2D eigenvalue weighted by atomic mass is 16.5. The second kappa shape index (κ2) is 9.26. The van der Waals surface area contributed by atoms with Crippen molar-refractivity contribution in [2.45, 2.75) is 51.9 Å². The van der Waals surface area contributed by atoms with E-state index < -0.39 is 5.97 Å². The molecule has 0 radical (unpaired) electrons. The highest BCUT2D eigenvalue weighted by Crippen LogP contribution is 2.33. The quantitative estimate of drug-likeness (QED) is 0.665. The summed E-state index contributed by atoms with van der Waals surface area (Å²) in [6.45, 7) is 7.18. The van der Waals surface area contributed by atoms with E-state index in [0.717, 1.165) is 12.2 Å². The molecule has 3 heteroatoms. The third-order valence-electron chi connectivity index (χ3n) is 4.83. The summed E-state index contributed by atoms with van der Waals surface area (Å²) in [5.41, 5.74) is 3.82. The number of hydrogen-bond acceptors (Lipinski definition) is 2. The van der Waals surface area contributed by atoms with Crippen LogP contribution in [0.3, 0.4) is 0 Å². The van der Waals surface area contributed by atoms with Gasteiger partial charge in [0.25, 0.3) is 0 Å². The summed E-state index contributed by atoms with van der Waals surface area (Å²) in [5, 5.41) is 8.72. The Morgan fingerprint density at radius 3 is 1.96 bits per heavy atom. The van der Waals surface area contributed by atoms with Crippen molar-refractivity contribution >= 4 is 5.97 Å². The SMILES string of the molecule is CCOc1ccc(C(C)C(C)c2ccc(CCCC(=O)O)cc2)cc1. The van der Waals surface area contributed by atoms with Gasteiger partial charge in [-0.25, -0.2) is 0 Å². The number of carboxylic acids is 1. The van der Waals surface area contributed by atoms with Crippen LogP contribution in [0.1, 0.15) is 62.1 Å². The molecule has 2 atom stereocenters. The molecule has 0 aromatic heterocycles. The van der Waals surface area contributed by atoms with Gasteiger partial charge in [0.05, 0.1) is 6.61 Å². The van der Waals surface area contributed by atoms with Gasteiger partial charge in [-0.3, -0.25) is 4.79 Å². The van der Waals surface area contributed by atoms with E-state index in [4.69, 9.17) is 9.84 Å². The lowest BCUT2D eigenvalue weighted by molar-refractivity contribution is -0.137. The zero-order chi connectivity index (χ0) is 18.2. The zero-order valence-corrected chi connectivity index (χ0v) is 15.4. The lowest BCUT2D eigenvalue weighted by atomic mass is 9.84. The maximum atomic E-state index is 10.6. The number of carbonyl (C=O) groups is 1. The first-order valence-electron chi connectivity index (χ1n) is 9.04. The first kappa shape index (κ1) is 19.0. The minimum Gasteiger partial charge on any atom is -0.494 e. The van der Waals surface area contributed by atoms with E-state index in [2.05, 4.69) is 50.2 Å². The van der Waals surface area contributed by atoms with Crippen molar-refractivity contribution in [3.05, 3.63) is 65.2 Å². The average Bonchev–Trinajstić information content (AvgIpc) is 2.62. The second-order valence-electron chi connectivity index (χ2n) is 6.57. The first-order valence-corrected chi connectivity index (χ1v) is 9.04. The Morgan fingerprint density at radius 2 is 1.48 bits per heavy atom. The Bertz CT molecular complexity index is 659. The van der Waals surface area contributed by atoms with Gasteiger partial charge < -0.3 is 9.84 Å². The molecule has 2 aromatic rings. The van der Waals surface area contributed by atoms with Gasteiger partial charge in [-0.2, -0.15) is 0 Å². The van der Waals surface area contributed by atoms with E-state index >= 15 is 0 Å². The van der Waals surface area contributed by atoms with Gasteiger partial charge in [0.1, 0.15) is 5.75 Å². The van der Waals surface area contributed by atoms with Gasteiger partial charge in [0.15, 0.2) is 0 Å². The van der Waals surface area contributed by atoms with Gasteiger partial charge in [-0.05, 0) is 60.4 Å². The van der Waals surface area contributed by atoms with Crippen molar-refractivity contribution in [2.75, 3.05) is 6.61 Å². The van der Waals surface area contributed by atoms with E-state index in [9.17, 15) is 4.79 Å². The Hall–Kier alpha value is -2.29. The highest BCUT2D eigenvalue weighted by molar-refractivity contribution is 5.66. The van der Waals surface area contributed by atoms with E-state index in [-0.39, 0.29) is 6.42 Å². The molecule has 0 bridgehead atoms. The van der Waals surface area contributed by atoms with Crippen LogP contribution in [0.5, 0.6) is 5.75 Å². The molecule has 134 valence electrons. The smallest absolute Gasteiger partial charge is 0.303 e. The minimum atomic E-state index is -0.727. The van der Waals surface area contributed by atoms with Crippen LogP contribution in [0, 0.1) is 0 Å². The molecule has 2 unspecified atom stereocenters. The molecule has 0 aliphatic heterocycles. The molecule has 0 aliphatic rings. The van der Waals surface area contributed by atoms with E-state index in [0.29, 0.717) is 24.9 Å². The van der Waals surface area contributed by atoms with Crippen LogP contribution in [-0.2, 0) is 11.2 Å². The number of aliphatic carboxylic acids is 1. The summed E-state index contributed by atoms with van der Waals surface area (Å²) in [6.07, 6.45) is 1.73. The van der Waals surface area contributed by atoms with Crippen molar-refractivity contribution < 1.29 is 14.6 Å². The topological polar surface area (TPSA) is 46.5 Å². The van der Waals surface area contributed by atoms with Crippen LogP contribution in [0.25, 0.3) is 0 Å². The number of rotatable bonds is 9. The summed E-state index contributed by atoms with van der Waals surface area (Å²) in [7, 11) is 0. The summed E-state index contributed by atoms with van der Waals surface area (Å²) < 4.78 is 5.51. The van der Waals surface area contributed by atoms with Crippen molar-refractivity contribution in [3.63, 3.8) is 0 Å². The van der Waals surface area contributed by atoms with Gasteiger partial charge in [-0.1, -0.05) is 50.2 Å². The lowest BCUT2D eigenvalue weighted by Crippen LogP contribution is -2.05. The third-order valence-corrected chi connectivity index (χ3v) is 4.83. The molecule has 2 rings (SSSR count). The van der Waals surface area contributed by atoms with Gasteiger partial charge >= 0.3 is 5.97 Å². The number of benzene rings is 2. The van der Waals surface area contributed by atoms with Crippen molar-refractivity contribution in [1.29, 1.82) is 0 Å². The number of hydrogen-bond donors (Lipinski definition) is 1. The summed E-state index contributed by atoms with van der Waals surface area (Å²) in [4.78, 5) is 10.6. The van der Waals surface area contributed by atoms with E-state index in [1.165, 1.54) is 16.7 Å².